The van der Waals surface area contributed by atoms with E-state index in [0.29, 0.717) is 0 Å². The van der Waals surface area contributed by atoms with Crippen LogP contribution in [0.5, 0.6) is 0 Å². The van der Waals surface area contributed by atoms with Crippen LogP contribution in [0.3, 0.4) is 0 Å². The van der Waals surface area contributed by atoms with Crippen molar-refractivity contribution in [3.8, 4) is 0 Å². The summed E-state index contributed by atoms with van der Waals surface area (Å²) < 4.78 is 0. The lowest BCUT2D eigenvalue weighted by molar-refractivity contribution is 0.127. The minimum atomic E-state index is 0.894. The van der Waals surface area contributed by atoms with Gasteiger partial charge in [-0.1, -0.05) is 0 Å². The fraction of sp³-hybridized carbons (Fsp3) is 1.00. The molecule has 0 spiro atoms. The van der Waals surface area contributed by atoms with Crippen LogP contribution in [0.1, 0.15) is 6.42 Å². The van der Waals surface area contributed by atoms with E-state index in [0.717, 1.165) is 12.5 Å². The Morgan fingerprint density at radius 1 is 1.67 bits per heavy atom. The lowest BCUT2D eigenvalue weighted by Gasteiger charge is -2.36. The molecule has 0 saturated carbocycles. The fourth-order valence-corrected chi connectivity index (χ4v) is 1.30. The van der Waals surface area contributed by atoms with E-state index in [4.69, 9.17) is 5.84 Å². The van der Waals surface area contributed by atoms with E-state index in [-0.39, 0.29) is 0 Å². The van der Waals surface area contributed by atoms with Gasteiger partial charge in [-0.05, 0) is 19.4 Å². The number of likely N-dealkylation sites (tertiary alicyclic amines) is 1. The summed E-state index contributed by atoms with van der Waals surface area (Å²) in [5, 5.41) is 0. The molecule has 1 aliphatic heterocycles. The Morgan fingerprint density at radius 3 is 2.78 bits per heavy atom. The highest BCUT2D eigenvalue weighted by Gasteiger charge is 2.21. The van der Waals surface area contributed by atoms with Gasteiger partial charge in [-0.3, -0.25) is 11.3 Å². The average Bonchev–Trinajstić information content (AvgIpc) is 1.78. The molecule has 0 aliphatic carbocycles. The molecule has 3 N–H and O–H groups in total. The number of nitrogens with zero attached hydrogens (tertiary/aromatic N) is 1. The summed E-state index contributed by atoms with van der Waals surface area (Å²) in [6.07, 6.45) is 1.22. The third kappa shape index (κ3) is 1.93. The van der Waals surface area contributed by atoms with Crippen molar-refractivity contribution in [3.05, 3.63) is 0 Å². The van der Waals surface area contributed by atoms with Crippen LogP contribution in [0.2, 0.25) is 0 Å². The first-order valence-electron chi connectivity index (χ1n) is 3.45. The van der Waals surface area contributed by atoms with Gasteiger partial charge in [0.2, 0.25) is 0 Å². The molecule has 0 atom stereocenters. The monoisotopic (exact) mass is 129 g/mol. The first kappa shape index (κ1) is 6.99. The summed E-state index contributed by atoms with van der Waals surface area (Å²) in [6.45, 7) is 3.46. The minimum absolute atomic E-state index is 0.894. The maximum Gasteiger partial charge on any atom is 0.0101 e. The Bertz CT molecular complexity index is 78.4. The van der Waals surface area contributed by atoms with Crippen molar-refractivity contribution >= 4 is 0 Å². The van der Waals surface area contributed by atoms with Gasteiger partial charge in [-0.2, -0.15) is 0 Å². The van der Waals surface area contributed by atoms with Crippen molar-refractivity contribution in [3.63, 3.8) is 0 Å². The fourth-order valence-electron chi connectivity index (χ4n) is 1.30. The number of hydrazine groups is 1. The predicted molar refractivity (Wildman–Crippen MR) is 37.8 cm³/mol. The van der Waals surface area contributed by atoms with Crippen molar-refractivity contribution in [2.45, 2.75) is 6.42 Å². The van der Waals surface area contributed by atoms with Crippen molar-refractivity contribution in [1.82, 2.24) is 10.3 Å². The zero-order valence-electron chi connectivity index (χ0n) is 5.93. The summed E-state index contributed by atoms with van der Waals surface area (Å²) in [7, 11) is 2.15. The van der Waals surface area contributed by atoms with E-state index in [9.17, 15) is 0 Å². The van der Waals surface area contributed by atoms with Gasteiger partial charge in [0.05, 0.1) is 0 Å². The van der Waals surface area contributed by atoms with E-state index >= 15 is 0 Å². The van der Waals surface area contributed by atoms with Gasteiger partial charge in [0.25, 0.3) is 0 Å². The highest BCUT2D eigenvalue weighted by molar-refractivity contribution is 4.76. The third-order valence-electron chi connectivity index (χ3n) is 1.84. The third-order valence-corrected chi connectivity index (χ3v) is 1.84. The summed E-state index contributed by atoms with van der Waals surface area (Å²) in [4.78, 5) is 2.32. The molecule has 1 fully saturated rings. The molecule has 0 amide bonds. The predicted octanol–water partition coefficient (Wildman–Crippen LogP) is -0.599. The van der Waals surface area contributed by atoms with Gasteiger partial charge in [0.15, 0.2) is 0 Å². The molecule has 3 nitrogen and oxygen atoms in total. The van der Waals surface area contributed by atoms with Gasteiger partial charge < -0.3 is 4.90 Å². The summed E-state index contributed by atoms with van der Waals surface area (Å²) in [5.41, 5.74) is 2.66. The van der Waals surface area contributed by atoms with Crippen molar-refractivity contribution in [2.75, 3.05) is 26.7 Å². The molecule has 9 heavy (non-hydrogen) atoms. The molecule has 54 valence electrons. The van der Waals surface area contributed by atoms with Crippen molar-refractivity contribution in [2.24, 2.45) is 11.8 Å². The Hall–Kier alpha value is -0.120. The Morgan fingerprint density at radius 2 is 2.33 bits per heavy atom. The molecule has 1 rings (SSSR count). The van der Waals surface area contributed by atoms with E-state index in [2.05, 4.69) is 17.4 Å². The molecular weight excluding hydrogens is 114 g/mol. The van der Waals surface area contributed by atoms with Crippen LogP contribution >= 0.6 is 0 Å². The molecule has 0 aromatic rings. The summed E-state index contributed by atoms with van der Waals surface area (Å²) in [5.74, 6) is 6.02. The minimum Gasteiger partial charge on any atom is -0.306 e. The highest BCUT2D eigenvalue weighted by atomic mass is 15.2. The lowest BCUT2D eigenvalue weighted by Crippen LogP contribution is -2.45. The number of rotatable bonds is 3. The molecule has 1 heterocycles. The molecule has 0 radical (unpaired) electrons. The second-order valence-corrected chi connectivity index (χ2v) is 2.83. The standard InChI is InChI=1S/C6H15N3/c1-9-4-6(5-9)2-3-8-7/h6,8H,2-5,7H2,1H3. The van der Waals surface area contributed by atoms with Gasteiger partial charge in [-0.25, -0.2) is 0 Å². The molecule has 0 bridgehead atoms. The number of hydrogen-bond donors (Lipinski definition) is 2. The maximum atomic E-state index is 5.13. The number of nitrogens with one attached hydrogen (secondary N) is 1. The van der Waals surface area contributed by atoms with E-state index in [1.54, 1.807) is 0 Å². The van der Waals surface area contributed by atoms with Crippen LogP contribution in [0, 0.1) is 5.92 Å². The molecular formula is C6H15N3. The number of nitrogens with two attached hydrogens (primary N) is 1. The Kier molecular flexibility index (Phi) is 2.45. The van der Waals surface area contributed by atoms with Crippen LogP contribution in [-0.4, -0.2) is 31.6 Å². The second-order valence-electron chi connectivity index (χ2n) is 2.83. The Labute approximate surface area is 56.2 Å². The topological polar surface area (TPSA) is 41.3 Å². The van der Waals surface area contributed by atoms with Crippen LogP contribution in [-0.2, 0) is 0 Å². The first-order valence-corrected chi connectivity index (χ1v) is 3.45. The van der Waals surface area contributed by atoms with Crippen LogP contribution in [0.15, 0.2) is 0 Å². The first-order chi connectivity index (χ1) is 4.33. The van der Waals surface area contributed by atoms with Gasteiger partial charge in [-0.15, -0.1) is 0 Å². The smallest absolute Gasteiger partial charge is 0.0101 e. The zero-order valence-corrected chi connectivity index (χ0v) is 5.93. The molecule has 1 saturated heterocycles. The quantitative estimate of drug-likeness (QED) is 0.395. The summed E-state index contributed by atoms with van der Waals surface area (Å²) >= 11 is 0. The van der Waals surface area contributed by atoms with Crippen LogP contribution in [0.4, 0.5) is 0 Å². The normalized spacial score (nSPS) is 22.0. The van der Waals surface area contributed by atoms with Crippen molar-refractivity contribution in [1.29, 1.82) is 0 Å². The number of hydrogen-bond acceptors (Lipinski definition) is 3. The molecule has 0 aromatic heterocycles. The molecule has 0 unspecified atom stereocenters. The molecule has 3 heteroatoms. The van der Waals surface area contributed by atoms with Gasteiger partial charge in [0.1, 0.15) is 0 Å². The van der Waals surface area contributed by atoms with Crippen LogP contribution in [0.25, 0.3) is 0 Å². The zero-order chi connectivity index (χ0) is 6.69. The highest BCUT2D eigenvalue weighted by Crippen LogP contribution is 2.15. The van der Waals surface area contributed by atoms with E-state index in [1.165, 1.54) is 19.5 Å². The van der Waals surface area contributed by atoms with E-state index < -0.39 is 0 Å². The molecule has 1 aliphatic rings. The van der Waals surface area contributed by atoms with Crippen molar-refractivity contribution < 1.29 is 0 Å². The second kappa shape index (κ2) is 3.15. The van der Waals surface area contributed by atoms with Gasteiger partial charge >= 0.3 is 0 Å². The maximum absolute atomic E-state index is 5.13. The van der Waals surface area contributed by atoms with Gasteiger partial charge in [0, 0.05) is 19.6 Å². The van der Waals surface area contributed by atoms with E-state index in [1.807, 2.05) is 0 Å². The summed E-state index contributed by atoms with van der Waals surface area (Å²) in [6, 6.07) is 0. The molecule has 0 aromatic carbocycles. The lowest BCUT2D eigenvalue weighted by atomic mass is 9.98. The van der Waals surface area contributed by atoms with Crippen LogP contribution < -0.4 is 11.3 Å². The Balaban J connectivity index is 1.91. The largest absolute Gasteiger partial charge is 0.306 e. The SMILES string of the molecule is CN1CC(CCNN)C1. The average molecular weight is 129 g/mol.